The number of fused-ring (bicyclic) bond motifs is 3. The van der Waals surface area contributed by atoms with Crippen molar-refractivity contribution in [3.63, 3.8) is 0 Å². The summed E-state index contributed by atoms with van der Waals surface area (Å²) in [7, 11) is 22.7. The van der Waals surface area contributed by atoms with Gasteiger partial charge >= 0.3 is 0 Å². The largest absolute Gasteiger partial charge is 0.294 e. The first-order valence-corrected chi connectivity index (χ1v) is 20.3. The highest BCUT2D eigenvalue weighted by Gasteiger charge is 2.25. The molecule has 0 saturated heterocycles. The van der Waals surface area contributed by atoms with Crippen LogP contribution >= 0.6 is 0 Å². The molecule has 12 heteroatoms. The average Bonchev–Trinajstić information content (AvgIpc) is 3.62. The monoisotopic (exact) mass is 718 g/mol. The van der Waals surface area contributed by atoms with E-state index in [0.717, 1.165) is 22.4 Å². The van der Waals surface area contributed by atoms with E-state index in [9.17, 15) is 0 Å². The van der Waals surface area contributed by atoms with Gasteiger partial charge in [0.05, 0.1) is 11.0 Å². The van der Waals surface area contributed by atoms with Crippen LogP contribution in [0.1, 0.15) is 0 Å². The number of hydrogen-bond acceptors (Lipinski definition) is 1. The molecule has 260 valence electrons. The Balaban J connectivity index is 1.38. The maximum Gasteiger partial charge on any atom is 0.146 e. The average molecular weight is 717 g/mol. The summed E-state index contributed by atoms with van der Waals surface area (Å²) < 4.78 is 2.43. The van der Waals surface area contributed by atoms with Gasteiger partial charge in [-0.1, -0.05) is 142 Å². The van der Waals surface area contributed by atoms with Gasteiger partial charge in [0.2, 0.25) is 0 Å². The van der Waals surface area contributed by atoms with E-state index in [-0.39, 0.29) is 0 Å². The second-order valence-corrected chi connectivity index (χ2v) is 16.2. The zero-order valence-corrected chi connectivity index (χ0v) is 34.9. The maximum atomic E-state index is 5.48. The van der Waals surface area contributed by atoms with Gasteiger partial charge in [-0.05, 0) is 67.1 Å². The van der Waals surface area contributed by atoms with Crippen molar-refractivity contribution in [2.45, 2.75) is 0 Å². The number of aromatic nitrogens is 2. The Morgan fingerprint density at radius 3 is 1.12 bits per heavy atom. The molecule has 2 nitrogen and oxygen atoms in total. The molecule has 0 saturated carbocycles. The number of nitrogens with zero attached hydrogens (tertiary/aromatic N) is 2. The number of para-hydroxylation sites is 2. The van der Waals surface area contributed by atoms with Crippen LogP contribution in [0.15, 0.2) is 121 Å². The molecule has 8 aromatic carbocycles. The van der Waals surface area contributed by atoms with Crippen LogP contribution in [0.2, 0.25) is 0 Å². The summed E-state index contributed by atoms with van der Waals surface area (Å²) in [6.45, 7) is 0. The fraction of sp³-hybridized carbons (Fsp3) is 0. The predicted molar refractivity (Wildman–Crippen MR) is 280 cm³/mol. The third-order valence-corrected chi connectivity index (χ3v) is 13.6. The minimum absolute atomic E-state index is 0.958. The van der Waals surface area contributed by atoms with Gasteiger partial charge in [0.25, 0.3) is 0 Å². The van der Waals surface area contributed by atoms with Crippen LogP contribution in [0.3, 0.4) is 0 Å². The molecule has 0 N–H and O–H groups in total. The van der Waals surface area contributed by atoms with Crippen molar-refractivity contribution in [2.75, 3.05) is 0 Å². The highest BCUT2D eigenvalue weighted by Crippen LogP contribution is 2.47. The molecular weight excluding hydrogens is 677 g/mol. The minimum atomic E-state index is 0.958. The topological polar surface area (TPSA) is 17.8 Å². The second-order valence-electron chi connectivity index (χ2n) is 16.2. The van der Waals surface area contributed by atoms with Gasteiger partial charge in [0, 0.05) is 11.3 Å². The fourth-order valence-electron chi connectivity index (χ4n) is 9.68. The Morgan fingerprint density at radius 2 is 0.649 bits per heavy atom. The molecule has 9 aromatic rings. The summed E-state index contributed by atoms with van der Waals surface area (Å²) in [5, 5.41) is 4.95. The van der Waals surface area contributed by atoms with Crippen LogP contribution in [0.4, 0.5) is 0 Å². The molecule has 9 rings (SSSR count). The van der Waals surface area contributed by atoms with Gasteiger partial charge < -0.3 is 0 Å². The lowest BCUT2D eigenvalue weighted by atomic mass is 9.59. The highest BCUT2D eigenvalue weighted by molar-refractivity contribution is 6.69. The molecular formula is C45H40B10N2. The van der Waals surface area contributed by atoms with Crippen molar-refractivity contribution in [2.24, 2.45) is 0 Å². The molecule has 0 bridgehead atoms. The number of hydrogen-bond donors (Lipinski definition) is 0. The van der Waals surface area contributed by atoms with E-state index in [2.05, 4.69) is 204 Å². The third-order valence-electron chi connectivity index (χ3n) is 13.6. The first-order chi connectivity index (χ1) is 27.5. The summed E-state index contributed by atoms with van der Waals surface area (Å²) in [6, 6.07) is 44.6. The Labute approximate surface area is 345 Å². The second kappa shape index (κ2) is 14.1. The molecule has 0 aliphatic rings. The lowest BCUT2D eigenvalue weighted by Gasteiger charge is -2.25. The summed E-state index contributed by atoms with van der Waals surface area (Å²) >= 11 is 0. The van der Waals surface area contributed by atoms with Gasteiger partial charge in [-0.15, -0.1) is 21.9 Å². The first kappa shape index (κ1) is 37.0. The van der Waals surface area contributed by atoms with Gasteiger partial charge in [-0.2, -0.15) is 0 Å². The third kappa shape index (κ3) is 5.58. The molecule has 0 fully saturated rings. The maximum absolute atomic E-state index is 5.48. The molecule has 0 radical (unpaired) electrons. The summed E-state index contributed by atoms with van der Waals surface area (Å²) in [4.78, 5) is 5.48. The molecule has 0 amide bonds. The lowest BCUT2D eigenvalue weighted by Crippen LogP contribution is -2.56. The van der Waals surface area contributed by atoms with E-state index in [0.29, 0.717) is 0 Å². The fourth-order valence-corrected chi connectivity index (χ4v) is 9.68. The van der Waals surface area contributed by atoms with Gasteiger partial charge in [0.1, 0.15) is 84.3 Å². The zero-order chi connectivity index (χ0) is 39.9. The molecule has 0 atom stereocenters. The first-order valence-electron chi connectivity index (χ1n) is 20.3. The van der Waals surface area contributed by atoms with Crippen molar-refractivity contribution >= 4 is 166 Å². The lowest BCUT2D eigenvalue weighted by molar-refractivity contribution is 1.12. The van der Waals surface area contributed by atoms with Crippen molar-refractivity contribution in [1.29, 1.82) is 0 Å². The molecule has 0 aliphatic carbocycles. The highest BCUT2D eigenvalue weighted by atomic mass is 15.1. The van der Waals surface area contributed by atoms with Crippen LogP contribution in [0, 0.1) is 0 Å². The van der Waals surface area contributed by atoms with E-state index in [1.165, 1.54) is 115 Å². The summed E-state index contributed by atoms with van der Waals surface area (Å²) in [6.07, 6.45) is 0. The van der Waals surface area contributed by atoms with Crippen molar-refractivity contribution in [3.8, 4) is 50.5 Å². The van der Waals surface area contributed by atoms with Crippen LogP contribution in [0.25, 0.3) is 83.0 Å². The van der Waals surface area contributed by atoms with E-state index < -0.39 is 0 Å². The minimum Gasteiger partial charge on any atom is -0.294 e. The van der Waals surface area contributed by atoms with E-state index in [1.807, 2.05) is 0 Å². The van der Waals surface area contributed by atoms with Crippen molar-refractivity contribution < 1.29 is 0 Å². The van der Waals surface area contributed by atoms with E-state index >= 15 is 0 Å². The van der Waals surface area contributed by atoms with Gasteiger partial charge in [0.15, 0.2) is 0 Å². The normalized spacial score (nSPS) is 11.5. The number of rotatable bonds is 5. The molecule has 0 aliphatic heterocycles. The number of benzene rings is 8. The van der Waals surface area contributed by atoms with E-state index in [4.69, 9.17) is 4.98 Å². The summed E-state index contributed by atoms with van der Waals surface area (Å²) in [5.41, 5.74) is 25.5. The molecule has 57 heavy (non-hydrogen) atoms. The Morgan fingerprint density at radius 1 is 0.316 bits per heavy atom. The van der Waals surface area contributed by atoms with Crippen LogP contribution in [-0.4, -0.2) is 88.0 Å². The molecule has 1 heterocycles. The smallest absolute Gasteiger partial charge is 0.146 e. The van der Waals surface area contributed by atoms with Crippen LogP contribution in [0.5, 0.6) is 0 Å². The standard InChI is InChI=1S/C45H40B10N2/c46-34-33(35(47)37(49)38(50)36(34)48)26-16-6-5-15-25(26)31-21-11-1-3-13-23(21)32(24-14-4-2-12-22(24)31)27-17-7-8-18-28(27)45-56-29-19-9-10-20-30(29)57(45)44-42(54)40(52)39(51)41(53)43(44)55/h1-20H,46-55H2. The summed E-state index contributed by atoms with van der Waals surface area (Å²) in [5.74, 6) is 0.958. The number of imidazole rings is 1. The SMILES string of the molecule is Bc1c(B)c(B)c(-c2ccccc2-c2c3ccccc3c(-c3ccccc3-c3nc4ccccc4n3-c3c(B)c(B)c(B)c(B)c3B)c3ccccc23)c(B)c1B. The van der Waals surface area contributed by atoms with Gasteiger partial charge in [-0.25, -0.2) is 4.98 Å². The predicted octanol–water partition coefficient (Wildman–Crippen LogP) is -5.42. The molecule has 1 aromatic heterocycles. The quantitative estimate of drug-likeness (QED) is 0.129. The Hall–Kier alpha value is -5.60. The van der Waals surface area contributed by atoms with Crippen LogP contribution < -0.4 is 54.6 Å². The Kier molecular flexibility index (Phi) is 9.15. The molecule has 0 unspecified atom stereocenters. The molecule has 0 spiro atoms. The van der Waals surface area contributed by atoms with E-state index in [1.54, 1.807) is 0 Å². The Bertz CT molecular complexity index is 3040. The van der Waals surface area contributed by atoms with Gasteiger partial charge in [-0.3, -0.25) is 4.57 Å². The zero-order valence-electron chi connectivity index (χ0n) is 34.9. The van der Waals surface area contributed by atoms with Crippen LogP contribution in [-0.2, 0) is 0 Å². The van der Waals surface area contributed by atoms with Crippen molar-refractivity contribution in [1.82, 2.24) is 9.55 Å². The van der Waals surface area contributed by atoms with Crippen molar-refractivity contribution in [3.05, 3.63) is 121 Å².